The van der Waals surface area contributed by atoms with Gasteiger partial charge in [-0.15, -0.1) is 0 Å². The first-order valence-electron chi connectivity index (χ1n) is 7.99. The highest BCUT2D eigenvalue weighted by Crippen LogP contribution is 2.33. The first-order valence-corrected chi connectivity index (χ1v) is 9.56. The molecule has 2 aromatic rings. The zero-order valence-corrected chi connectivity index (χ0v) is 16.1. The third kappa shape index (κ3) is 4.82. The van der Waals surface area contributed by atoms with Crippen molar-refractivity contribution in [2.45, 2.75) is 17.4 Å². The number of rotatable bonds is 7. The number of benzene rings is 2. The van der Waals surface area contributed by atoms with Crippen LogP contribution in [-0.4, -0.2) is 32.1 Å². The van der Waals surface area contributed by atoms with Gasteiger partial charge in [0.25, 0.3) is 0 Å². The number of nitrogens with zero attached hydrogens (tertiary/aromatic N) is 1. The maximum absolute atomic E-state index is 6.26. The summed E-state index contributed by atoms with van der Waals surface area (Å²) in [6.45, 7) is 1.58. The third-order valence-electron chi connectivity index (χ3n) is 3.75. The van der Waals surface area contributed by atoms with Gasteiger partial charge < -0.3 is 10.1 Å². The van der Waals surface area contributed by atoms with E-state index in [2.05, 4.69) is 39.3 Å². The van der Waals surface area contributed by atoms with Crippen molar-refractivity contribution in [1.82, 2.24) is 10.0 Å². The van der Waals surface area contributed by atoms with Crippen molar-refractivity contribution in [2.24, 2.45) is 4.99 Å². The van der Waals surface area contributed by atoms with Crippen molar-refractivity contribution < 1.29 is 4.74 Å². The number of halogens is 2. The van der Waals surface area contributed by atoms with E-state index in [9.17, 15) is 0 Å². The first kappa shape index (κ1) is 18.4. The molecule has 132 valence electrons. The standard InChI is InChI=1S/C18H19Cl2N3OS/c1-21-25-13-7-5-12(6-8-13)11-16(18-22-9-10-23-18)24-17-14(19)3-2-4-15(17)20/h2-8,16,21H,9-11H2,1H3,(H,22,23). The van der Waals surface area contributed by atoms with E-state index in [0.29, 0.717) is 22.2 Å². The van der Waals surface area contributed by atoms with Gasteiger partial charge in [0.15, 0.2) is 11.9 Å². The van der Waals surface area contributed by atoms with Crippen LogP contribution in [0.2, 0.25) is 10.0 Å². The predicted molar refractivity (Wildman–Crippen MR) is 106 cm³/mol. The highest BCUT2D eigenvalue weighted by molar-refractivity contribution is 7.97. The van der Waals surface area contributed by atoms with Crippen LogP contribution in [0.3, 0.4) is 0 Å². The summed E-state index contributed by atoms with van der Waals surface area (Å²) < 4.78 is 9.23. The van der Waals surface area contributed by atoms with Gasteiger partial charge in [-0.2, -0.15) is 0 Å². The second kappa shape index (κ2) is 8.81. The lowest BCUT2D eigenvalue weighted by molar-refractivity contribution is 0.264. The fraction of sp³-hybridized carbons (Fsp3) is 0.278. The van der Waals surface area contributed by atoms with Gasteiger partial charge in [0.05, 0.1) is 16.6 Å². The van der Waals surface area contributed by atoms with Gasteiger partial charge in [-0.25, -0.2) is 0 Å². The Morgan fingerprint density at radius 3 is 2.52 bits per heavy atom. The van der Waals surface area contributed by atoms with Crippen molar-refractivity contribution in [3.8, 4) is 5.75 Å². The molecule has 7 heteroatoms. The number of ether oxygens (including phenoxy) is 1. The van der Waals surface area contributed by atoms with E-state index in [-0.39, 0.29) is 6.10 Å². The van der Waals surface area contributed by atoms with Crippen LogP contribution in [0, 0.1) is 0 Å². The Kier molecular flexibility index (Phi) is 6.48. The van der Waals surface area contributed by atoms with Crippen LogP contribution in [0.15, 0.2) is 52.4 Å². The van der Waals surface area contributed by atoms with Gasteiger partial charge in [-0.3, -0.25) is 9.71 Å². The monoisotopic (exact) mass is 395 g/mol. The lowest BCUT2D eigenvalue weighted by Gasteiger charge is -2.21. The number of hydrogen-bond acceptors (Lipinski definition) is 5. The number of para-hydroxylation sites is 1. The molecular weight excluding hydrogens is 377 g/mol. The third-order valence-corrected chi connectivity index (χ3v) is 5.06. The maximum atomic E-state index is 6.26. The Morgan fingerprint density at radius 1 is 1.20 bits per heavy atom. The van der Waals surface area contributed by atoms with Crippen LogP contribution in [0.5, 0.6) is 5.75 Å². The summed E-state index contributed by atoms with van der Waals surface area (Å²) in [6.07, 6.45) is 0.417. The average Bonchev–Trinajstić information content (AvgIpc) is 3.13. The fourth-order valence-electron chi connectivity index (χ4n) is 2.59. The quantitative estimate of drug-likeness (QED) is 0.689. The molecule has 1 aliphatic rings. The fourth-order valence-corrected chi connectivity index (χ4v) is 3.58. The topological polar surface area (TPSA) is 45.6 Å². The molecule has 1 heterocycles. The molecule has 4 nitrogen and oxygen atoms in total. The molecule has 0 saturated heterocycles. The van der Waals surface area contributed by atoms with E-state index in [0.717, 1.165) is 29.4 Å². The van der Waals surface area contributed by atoms with Crippen molar-refractivity contribution in [1.29, 1.82) is 0 Å². The molecule has 0 saturated carbocycles. The van der Waals surface area contributed by atoms with E-state index in [1.54, 1.807) is 30.1 Å². The number of hydrogen-bond donors (Lipinski definition) is 2. The Morgan fingerprint density at radius 2 is 1.92 bits per heavy atom. The average molecular weight is 396 g/mol. The summed E-state index contributed by atoms with van der Waals surface area (Å²) in [4.78, 5) is 5.68. The molecular formula is C18H19Cl2N3OS. The summed E-state index contributed by atoms with van der Waals surface area (Å²) >= 11 is 14.1. The highest BCUT2D eigenvalue weighted by atomic mass is 35.5. The van der Waals surface area contributed by atoms with Gasteiger partial charge >= 0.3 is 0 Å². The first-order chi connectivity index (χ1) is 12.2. The van der Waals surface area contributed by atoms with Crippen LogP contribution in [0.1, 0.15) is 5.56 Å². The van der Waals surface area contributed by atoms with Crippen molar-refractivity contribution in [3.05, 3.63) is 58.1 Å². The minimum atomic E-state index is -0.261. The van der Waals surface area contributed by atoms with E-state index < -0.39 is 0 Å². The van der Waals surface area contributed by atoms with E-state index in [1.807, 2.05) is 7.05 Å². The Labute approximate surface area is 162 Å². The predicted octanol–water partition coefficient (Wildman–Crippen LogP) is 4.21. The van der Waals surface area contributed by atoms with Gasteiger partial charge in [-0.05, 0) is 48.8 Å². The van der Waals surface area contributed by atoms with E-state index in [1.165, 1.54) is 0 Å². The molecule has 0 aliphatic carbocycles. The van der Waals surface area contributed by atoms with Gasteiger partial charge in [0.2, 0.25) is 0 Å². The molecule has 0 amide bonds. The molecule has 0 spiro atoms. The minimum Gasteiger partial charge on any atom is -0.479 e. The molecule has 25 heavy (non-hydrogen) atoms. The smallest absolute Gasteiger partial charge is 0.159 e. The number of aliphatic imine (C=N–C) groups is 1. The SMILES string of the molecule is CNSc1ccc(CC(Oc2c(Cl)cccc2Cl)C2=NCCN2)cc1. The van der Waals surface area contributed by atoms with Gasteiger partial charge in [0, 0.05) is 17.9 Å². The Hall–Kier alpha value is -1.40. The summed E-state index contributed by atoms with van der Waals surface area (Å²) in [6, 6.07) is 13.7. The molecule has 1 unspecified atom stereocenters. The van der Waals surface area contributed by atoms with Gasteiger partial charge in [0.1, 0.15) is 5.84 Å². The molecule has 1 aliphatic heterocycles. The molecule has 0 radical (unpaired) electrons. The lowest BCUT2D eigenvalue weighted by Crippen LogP contribution is -2.37. The summed E-state index contributed by atoms with van der Waals surface area (Å²) in [7, 11) is 1.90. The van der Waals surface area contributed by atoms with Crippen LogP contribution in [0.25, 0.3) is 0 Å². The van der Waals surface area contributed by atoms with E-state index in [4.69, 9.17) is 27.9 Å². The molecule has 0 bridgehead atoms. The molecule has 0 fully saturated rings. The summed E-state index contributed by atoms with van der Waals surface area (Å²) in [5.41, 5.74) is 1.16. The van der Waals surface area contributed by atoms with Crippen molar-refractivity contribution >= 4 is 41.0 Å². The van der Waals surface area contributed by atoms with Crippen molar-refractivity contribution in [3.63, 3.8) is 0 Å². The molecule has 2 aromatic carbocycles. The zero-order valence-electron chi connectivity index (χ0n) is 13.8. The molecule has 1 atom stereocenters. The number of nitrogens with one attached hydrogen (secondary N) is 2. The molecule has 3 rings (SSSR count). The van der Waals surface area contributed by atoms with E-state index >= 15 is 0 Å². The second-order valence-corrected chi connectivity index (χ2v) is 7.40. The van der Waals surface area contributed by atoms with Crippen LogP contribution in [0.4, 0.5) is 0 Å². The zero-order chi connectivity index (χ0) is 17.6. The second-order valence-electron chi connectivity index (χ2n) is 5.51. The van der Waals surface area contributed by atoms with Crippen LogP contribution in [-0.2, 0) is 6.42 Å². The largest absolute Gasteiger partial charge is 0.479 e. The normalized spacial score (nSPS) is 14.8. The van der Waals surface area contributed by atoms with Crippen molar-refractivity contribution in [2.75, 3.05) is 20.1 Å². The minimum absolute atomic E-state index is 0.261. The molecule has 0 aromatic heterocycles. The maximum Gasteiger partial charge on any atom is 0.159 e. The molecule has 2 N–H and O–H groups in total. The van der Waals surface area contributed by atoms with Gasteiger partial charge in [-0.1, -0.05) is 41.4 Å². The summed E-state index contributed by atoms with van der Waals surface area (Å²) in [5.74, 6) is 1.33. The Bertz CT molecular complexity index is 732. The number of amidine groups is 1. The lowest BCUT2D eigenvalue weighted by atomic mass is 10.1. The summed E-state index contributed by atoms with van der Waals surface area (Å²) in [5, 5.41) is 4.29. The Balaban J connectivity index is 1.80. The van der Waals surface area contributed by atoms with Crippen LogP contribution < -0.4 is 14.8 Å². The van der Waals surface area contributed by atoms with Crippen LogP contribution >= 0.6 is 35.1 Å². The highest BCUT2D eigenvalue weighted by Gasteiger charge is 2.23.